The predicted octanol–water partition coefficient (Wildman–Crippen LogP) is 5.21. The van der Waals surface area contributed by atoms with E-state index in [4.69, 9.17) is 34.8 Å². The first-order valence-corrected chi connectivity index (χ1v) is 6.54. The highest BCUT2D eigenvalue weighted by Crippen LogP contribution is 2.27. The molecule has 0 amide bonds. The lowest BCUT2D eigenvalue weighted by atomic mass is 10.0. The number of rotatable bonds is 3. The first kappa shape index (κ1) is 14.3. The molecule has 0 saturated heterocycles. The number of Topliss-reactive ketones (excluding diaryl/α,β-unsaturated/α-hetero) is 1. The summed E-state index contributed by atoms with van der Waals surface area (Å²) in [4.78, 5) is 12.1. The Balaban J connectivity index is 2.31. The van der Waals surface area contributed by atoms with Gasteiger partial charge in [0.25, 0.3) is 0 Å². The topological polar surface area (TPSA) is 17.1 Å². The van der Waals surface area contributed by atoms with E-state index in [0.717, 1.165) is 0 Å². The Labute approximate surface area is 124 Å². The van der Waals surface area contributed by atoms with E-state index in [9.17, 15) is 9.18 Å². The van der Waals surface area contributed by atoms with Gasteiger partial charge >= 0.3 is 0 Å². The molecule has 19 heavy (non-hydrogen) atoms. The molecule has 0 N–H and O–H groups in total. The van der Waals surface area contributed by atoms with Crippen molar-refractivity contribution in [2.75, 3.05) is 0 Å². The van der Waals surface area contributed by atoms with Gasteiger partial charge in [0.15, 0.2) is 5.78 Å². The molecule has 0 aliphatic carbocycles. The number of benzene rings is 2. The van der Waals surface area contributed by atoms with E-state index in [-0.39, 0.29) is 33.4 Å². The molecule has 0 radical (unpaired) electrons. The second kappa shape index (κ2) is 5.91. The first-order chi connectivity index (χ1) is 9.00. The summed E-state index contributed by atoms with van der Waals surface area (Å²) in [6.45, 7) is 0. The second-order valence-electron chi connectivity index (χ2n) is 3.91. The van der Waals surface area contributed by atoms with Gasteiger partial charge in [0, 0.05) is 12.0 Å². The molecule has 0 fully saturated rings. The Hall–Kier alpha value is -1.09. The Morgan fingerprint density at radius 2 is 1.63 bits per heavy atom. The maximum atomic E-state index is 13.7. The fraction of sp³-hybridized carbons (Fsp3) is 0.0714. The van der Waals surface area contributed by atoms with Crippen LogP contribution in [0.1, 0.15) is 15.9 Å². The molecule has 0 aromatic heterocycles. The van der Waals surface area contributed by atoms with Crippen molar-refractivity contribution in [1.82, 2.24) is 0 Å². The zero-order chi connectivity index (χ0) is 14.0. The summed E-state index contributed by atoms with van der Waals surface area (Å²) in [5, 5.41) is 0.457. The lowest BCUT2D eigenvalue weighted by molar-refractivity contribution is 0.0992. The third-order valence-electron chi connectivity index (χ3n) is 2.63. The summed E-state index contributed by atoms with van der Waals surface area (Å²) in [6.07, 6.45) is -0.119. The smallest absolute Gasteiger partial charge is 0.168 e. The maximum absolute atomic E-state index is 13.7. The van der Waals surface area contributed by atoms with Crippen molar-refractivity contribution in [1.29, 1.82) is 0 Å². The van der Waals surface area contributed by atoms with Gasteiger partial charge in [0.05, 0.1) is 15.1 Å². The number of hydrogen-bond acceptors (Lipinski definition) is 1. The van der Waals surface area contributed by atoms with Gasteiger partial charge in [-0.3, -0.25) is 4.79 Å². The van der Waals surface area contributed by atoms with Gasteiger partial charge in [-0.25, -0.2) is 4.39 Å². The predicted molar refractivity (Wildman–Crippen MR) is 75.9 cm³/mol. The van der Waals surface area contributed by atoms with E-state index in [1.54, 1.807) is 24.3 Å². The van der Waals surface area contributed by atoms with Gasteiger partial charge in [-0.05, 0) is 23.8 Å². The van der Waals surface area contributed by atoms with Crippen LogP contribution in [0.3, 0.4) is 0 Å². The van der Waals surface area contributed by atoms with Crippen LogP contribution in [0.5, 0.6) is 0 Å². The largest absolute Gasteiger partial charge is 0.294 e. The summed E-state index contributed by atoms with van der Waals surface area (Å²) in [5.74, 6) is -0.899. The van der Waals surface area contributed by atoms with Crippen LogP contribution >= 0.6 is 34.8 Å². The zero-order valence-electron chi connectivity index (χ0n) is 9.59. The summed E-state index contributed by atoms with van der Waals surface area (Å²) >= 11 is 17.5. The number of carbonyl (C=O) groups excluding carboxylic acids is 1. The molecule has 1 nitrogen and oxygen atoms in total. The van der Waals surface area contributed by atoms with Crippen LogP contribution in [-0.2, 0) is 6.42 Å². The van der Waals surface area contributed by atoms with Crippen molar-refractivity contribution < 1.29 is 9.18 Å². The fourth-order valence-corrected chi connectivity index (χ4v) is 2.27. The van der Waals surface area contributed by atoms with Crippen molar-refractivity contribution in [2.24, 2.45) is 0 Å². The molecule has 2 aromatic rings. The highest BCUT2D eigenvalue weighted by atomic mass is 35.5. The van der Waals surface area contributed by atoms with Gasteiger partial charge in [-0.2, -0.15) is 0 Å². The minimum absolute atomic E-state index is 0.0116. The Morgan fingerprint density at radius 1 is 1.00 bits per heavy atom. The van der Waals surface area contributed by atoms with Crippen molar-refractivity contribution in [3.05, 3.63) is 68.4 Å². The highest BCUT2D eigenvalue weighted by Gasteiger charge is 2.16. The Kier molecular flexibility index (Phi) is 4.46. The Bertz CT molecular complexity index is 641. The van der Waals surface area contributed by atoms with Crippen molar-refractivity contribution in [3.8, 4) is 0 Å². The highest BCUT2D eigenvalue weighted by molar-refractivity contribution is 6.43. The summed E-state index contributed by atoms with van der Waals surface area (Å²) in [6, 6.07) is 9.29. The average molecular weight is 318 g/mol. The van der Waals surface area contributed by atoms with Crippen LogP contribution < -0.4 is 0 Å². The third kappa shape index (κ3) is 3.08. The minimum atomic E-state index is -0.587. The third-order valence-corrected chi connectivity index (χ3v) is 3.75. The fourth-order valence-electron chi connectivity index (χ4n) is 1.67. The molecule has 0 saturated carbocycles. The quantitative estimate of drug-likeness (QED) is 0.710. The van der Waals surface area contributed by atoms with Gasteiger partial charge in [0.2, 0.25) is 0 Å². The van der Waals surface area contributed by atoms with Gasteiger partial charge < -0.3 is 0 Å². The monoisotopic (exact) mass is 316 g/mol. The molecule has 0 spiro atoms. The molecule has 98 valence electrons. The zero-order valence-corrected chi connectivity index (χ0v) is 11.9. The number of carbonyl (C=O) groups is 1. The van der Waals surface area contributed by atoms with E-state index in [1.807, 2.05) is 0 Å². The standard InChI is InChI=1S/C14H8Cl3FO/c15-10-5-2-4-9(13(10)17)12(19)7-8-3-1-6-11(16)14(8)18/h1-6H,7H2. The van der Waals surface area contributed by atoms with Crippen LogP contribution in [0.4, 0.5) is 4.39 Å². The number of halogens is 4. The Morgan fingerprint density at radius 3 is 2.37 bits per heavy atom. The van der Waals surface area contributed by atoms with Crippen molar-refractivity contribution in [3.63, 3.8) is 0 Å². The van der Waals surface area contributed by atoms with E-state index in [2.05, 4.69) is 0 Å². The van der Waals surface area contributed by atoms with Gasteiger partial charge in [-0.1, -0.05) is 53.0 Å². The molecule has 0 aliphatic heterocycles. The van der Waals surface area contributed by atoms with E-state index >= 15 is 0 Å². The molecular weight excluding hydrogens is 310 g/mol. The minimum Gasteiger partial charge on any atom is -0.294 e. The van der Waals surface area contributed by atoms with Crippen LogP contribution in [0.25, 0.3) is 0 Å². The molecule has 0 heterocycles. The van der Waals surface area contributed by atoms with Crippen LogP contribution in [-0.4, -0.2) is 5.78 Å². The molecule has 5 heteroatoms. The molecule has 0 unspecified atom stereocenters. The average Bonchev–Trinajstić information content (AvgIpc) is 2.38. The SMILES string of the molecule is O=C(Cc1cccc(Cl)c1F)c1cccc(Cl)c1Cl. The normalized spacial score (nSPS) is 10.5. The summed E-state index contributed by atoms with van der Waals surface area (Å²) in [7, 11) is 0. The molecule has 0 bridgehead atoms. The van der Waals surface area contributed by atoms with Crippen LogP contribution in [0.15, 0.2) is 36.4 Å². The van der Waals surface area contributed by atoms with Crippen LogP contribution in [0.2, 0.25) is 15.1 Å². The summed E-state index contributed by atoms with van der Waals surface area (Å²) in [5.41, 5.74) is 0.502. The van der Waals surface area contributed by atoms with Gasteiger partial charge in [-0.15, -0.1) is 0 Å². The van der Waals surface area contributed by atoms with E-state index < -0.39 is 5.82 Å². The molecular formula is C14H8Cl3FO. The second-order valence-corrected chi connectivity index (χ2v) is 5.11. The number of ketones is 1. The lowest BCUT2D eigenvalue weighted by Gasteiger charge is -2.06. The van der Waals surface area contributed by atoms with E-state index in [0.29, 0.717) is 5.02 Å². The van der Waals surface area contributed by atoms with E-state index in [1.165, 1.54) is 12.1 Å². The van der Waals surface area contributed by atoms with Gasteiger partial charge in [0.1, 0.15) is 5.82 Å². The van der Waals surface area contributed by atoms with Crippen molar-refractivity contribution in [2.45, 2.75) is 6.42 Å². The maximum Gasteiger partial charge on any atom is 0.168 e. The lowest BCUT2D eigenvalue weighted by Crippen LogP contribution is -2.06. The molecule has 2 aromatic carbocycles. The first-order valence-electron chi connectivity index (χ1n) is 5.41. The molecule has 0 aliphatic rings. The number of hydrogen-bond donors (Lipinski definition) is 0. The van der Waals surface area contributed by atoms with Crippen LogP contribution in [0, 0.1) is 5.82 Å². The molecule has 0 atom stereocenters. The van der Waals surface area contributed by atoms with Crippen molar-refractivity contribution >= 4 is 40.6 Å². The summed E-state index contributed by atoms with van der Waals surface area (Å²) < 4.78 is 13.7. The molecule has 2 rings (SSSR count).